The van der Waals surface area contributed by atoms with Crippen LogP contribution in [0.2, 0.25) is 0 Å². The highest BCUT2D eigenvalue weighted by molar-refractivity contribution is 7.99. The topological polar surface area (TPSA) is 12.9 Å². The minimum Gasteiger partial charge on any atom is -0.260 e. The molecule has 0 atom stereocenters. The number of hydrogen-bond donors (Lipinski definition) is 0. The van der Waals surface area contributed by atoms with Crippen LogP contribution >= 0.6 is 11.8 Å². The Morgan fingerprint density at radius 1 is 1.56 bits per heavy atom. The highest BCUT2D eigenvalue weighted by atomic mass is 32.2. The minimum atomic E-state index is 0.904. The molecule has 2 heteroatoms. The maximum absolute atomic E-state index is 4.11. The lowest BCUT2D eigenvalue weighted by Crippen LogP contribution is -1.81. The molecule has 47 valence electrons. The third-order valence-corrected chi connectivity index (χ3v) is 1.48. The SMILES string of the molecule is [CH2]SCc1ccccn1. The first-order valence-electron chi connectivity index (χ1n) is 2.70. The molecule has 0 saturated carbocycles. The Bertz CT molecular complexity index is 162. The molecule has 1 radical (unpaired) electrons. The van der Waals surface area contributed by atoms with E-state index in [0.29, 0.717) is 0 Å². The van der Waals surface area contributed by atoms with Crippen LogP contribution in [0.5, 0.6) is 0 Å². The summed E-state index contributed by atoms with van der Waals surface area (Å²) in [5.74, 6) is 0.904. The lowest BCUT2D eigenvalue weighted by Gasteiger charge is -1.92. The fourth-order valence-electron chi connectivity index (χ4n) is 0.588. The number of thioether (sulfide) groups is 1. The van der Waals surface area contributed by atoms with Crippen LogP contribution in [-0.4, -0.2) is 4.98 Å². The van der Waals surface area contributed by atoms with E-state index in [1.165, 1.54) is 0 Å². The second kappa shape index (κ2) is 3.51. The van der Waals surface area contributed by atoms with Crippen molar-refractivity contribution in [2.45, 2.75) is 5.75 Å². The Balaban J connectivity index is 2.61. The molecule has 0 unspecified atom stereocenters. The van der Waals surface area contributed by atoms with Gasteiger partial charge in [-0.1, -0.05) is 6.07 Å². The summed E-state index contributed by atoms with van der Waals surface area (Å²) in [5.41, 5.74) is 1.09. The summed E-state index contributed by atoms with van der Waals surface area (Å²) >= 11 is 1.54. The van der Waals surface area contributed by atoms with Crippen LogP contribution < -0.4 is 0 Å². The molecule has 0 aromatic carbocycles. The molecule has 1 aromatic heterocycles. The van der Waals surface area contributed by atoms with Gasteiger partial charge in [0.1, 0.15) is 0 Å². The third-order valence-electron chi connectivity index (χ3n) is 0.976. The molecule has 0 aliphatic rings. The molecule has 1 nitrogen and oxygen atoms in total. The summed E-state index contributed by atoms with van der Waals surface area (Å²) in [7, 11) is 0. The maximum Gasteiger partial charge on any atom is 0.0502 e. The van der Waals surface area contributed by atoms with E-state index in [2.05, 4.69) is 11.2 Å². The Morgan fingerprint density at radius 2 is 2.44 bits per heavy atom. The van der Waals surface area contributed by atoms with Crippen LogP contribution in [-0.2, 0) is 5.75 Å². The van der Waals surface area contributed by atoms with E-state index in [9.17, 15) is 0 Å². The Labute approximate surface area is 59.5 Å². The van der Waals surface area contributed by atoms with Crippen molar-refractivity contribution in [1.29, 1.82) is 0 Å². The second-order valence-corrected chi connectivity index (χ2v) is 2.37. The van der Waals surface area contributed by atoms with Crippen LogP contribution in [0.25, 0.3) is 0 Å². The van der Waals surface area contributed by atoms with E-state index < -0.39 is 0 Å². The highest BCUT2D eigenvalue weighted by Crippen LogP contribution is 2.05. The van der Waals surface area contributed by atoms with E-state index in [0.717, 1.165) is 11.4 Å². The van der Waals surface area contributed by atoms with E-state index in [1.807, 2.05) is 18.2 Å². The minimum absolute atomic E-state index is 0.904. The summed E-state index contributed by atoms with van der Waals surface area (Å²) in [6, 6.07) is 5.90. The van der Waals surface area contributed by atoms with Crippen molar-refractivity contribution in [2.75, 3.05) is 0 Å². The standard InChI is InChI=1S/C7H8NS/c1-9-6-7-4-2-3-5-8-7/h2-5H,1,6H2. The summed E-state index contributed by atoms with van der Waals surface area (Å²) in [4.78, 5) is 4.11. The lowest BCUT2D eigenvalue weighted by atomic mass is 10.4. The zero-order valence-electron chi connectivity index (χ0n) is 5.08. The van der Waals surface area contributed by atoms with Crippen molar-refractivity contribution < 1.29 is 0 Å². The van der Waals surface area contributed by atoms with Gasteiger partial charge in [-0.2, -0.15) is 11.8 Å². The summed E-state index contributed by atoms with van der Waals surface area (Å²) in [6.07, 6.45) is 5.45. The molecular weight excluding hydrogens is 130 g/mol. The van der Waals surface area contributed by atoms with Crippen molar-refractivity contribution in [2.24, 2.45) is 0 Å². The average Bonchev–Trinajstić information content (AvgIpc) is 1.91. The highest BCUT2D eigenvalue weighted by Gasteiger charge is 1.86. The molecule has 0 spiro atoms. The Morgan fingerprint density at radius 3 is 3.00 bits per heavy atom. The number of hydrogen-bond acceptors (Lipinski definition) is 2. The number of pyridine rings is 1. The van der Waals surface area contributed by atoms with Gasteiger partial charge in [0.05, 0.1) is 5.69 Å². The molecule has 9 heavy (non-hydrogen) atoms. The van der Waals surface area contributed by atoms with Gasteiger partial charge >= 0.3 is 0 Å². The molecule has 0 saturated heterocycles. The lowest BCUT2D eigenvalue weighted by molar-refractivity contribution is 1.18. The van der Waals surface area contributed by atoms with Gasteiger partial charge in [-0.25, -0.2) is 0 Å². The van der Waals surface area contributed by atoms with Gasteiger partial charge in [0.15, 0.2) is 0 Å². The molecule has 1 heterocycles. The van der Waals surface area contributed by atoms with Crippen LogP contribution in [0.4, 0.5) is 0 Å². The first-order chi connectivity index (χ1) is 4.43. The number of rotatable bonds is 2. The predicted octanol–water partition coefficient (Wildman–Crippen LogP) is 2.11. The van der Waals surface area contributed by atoms with E-state index in [4.69, 9.17) is 0 Å². The van der Waals surface area contributed by atoms with Gasteiger partial charge in [0.25, 0.3) is 0 Å². The van der Waals surface area contributed by atoms with Crippen molar-refractivity contribution in [1.82, 2.24) is 4.98 Å². The third kappa shape index (κ3) is 2.06. The van der Waals surface area contributed by atoms with Crippen LogP contribution in [0.3, 0.4) is 0 Å². The van der Waals surface area contributed by atoms with E-state index in [1.54, 1.807) is 18.0 Å². The van der Waals surface area contributed by atoms with Crippen molar-refractivity contribution in [3.05, 3.63) is 36.3 Å². The zero-order valence-corrected chi connectivity index (χ0v) is 5.90. The molecule has 1 rings (SSSR count). The Hall–Kier alpha value is -0.500. The van der Waals surface area contributed by atoms with Crippen LogP contribution in [0.1, 0.15) is 5.69 Å². The smallest absolute Gasteiger partial charge is 0.0502 e. The fourth-order valence-corrected chi connectivity index (χ4v) is 0.968. The molecule has 0 aliphatic carbocycles. The summed E-state index contributed by atoms with van der Waals surface area (Å²) in [6.45, 7) is 0. The molecule has 0 aliphatic heterocycles. The predicted molar refractivity (Wildman–Crippen MR) is 40.9 cm³/mol. The van der Waals surface area contributed by atoms with Gasteiger partial charge in [0.2, 0.25) is 0 Å². The van der Waals surface area contributed by atoms with Crippen LogP contribution in [0, 0.1) is 6.26 Å². The molecular formula is C7H8NS. The molecule has 1 aromatic rings. The van der Waals surface area contributed by atoms with Gasteiger partial charge < -0.3 is 0 Å². The summed E-state index contributed by atoms with van der Waals surface area (Å²) < 4.78 is 0. The quantitative estimate of drug-likeness (QED) is 0.620. The van der Waals surface area contributed by atoms with Crippen LogP contribution in [0.15, 0.2) is 24.4 Å². The monoisotopic (exact) mass is 138 g/mol. The van der Waals surface area contributed by atoms with Crippen molar-refractivity contribution >= 4 is 11.8 Å². The summed E-state index contributed by atoms with van der Waals surface area (Å²) in [5, 5.41) is 0. The maximum atomic E-state index is 4.11. The number of aromatic nitrogens is 1. The van der Waals surface area contributed by atoms with Gasteiger partial charge in [-0.05, 0) is 12.1 Å². The Kier molecular flexibility index (Phi) is 2.58. The van der Waals surface area contributed by atoms with Crippen molar-refractivity contribution in [3.63, 3.8) is 0 Å². The second-order valence-electron chi connectivity index (χ2n) is 1.67. The van der Waals surface area contributed by atoms with E-state index >= 15 is 0 Å². The molecule has 0 N–H and O–H groups in total. The van der Waals surface area contributed by atoms with E-state index in [-0.39, 0.29) is 0 Å². The van der Waals surface area contributed by atoms with Gasteiger partial charge in [0, 0.05) is 18.2 Å². The zero-order chi connectivity index (χ0) is 6.53. The largest absolute Gasteiger partial charge is 0.260 e. The van der Waals surface area contributed by atoms with Gasteiger partial charge in [-0.15, -0.1) is 0 Å². The first kappa shape index (κ1) is 6.62. The first-order valence-corrected chi connectivity index (χ1v) is 3.86. The molecule has 0 amide bonds. The molecule has 0 fully saturated rings. The fraction of sp³-hybridized carbons (Fsp3) is 0.143. The normalized spacial score (nSPS) is 9.44. The van der Waals surface area contributed by atoms with Gasteiger partial charge in [-0.3, -0.25) is 4.98 Å². The van der Waals surface area contributed by atoms with Crippen molar-refractivity contribution in [3.8, 4) is 0 Å². The number of nitrogens with zero attached hydrogens (tertiary/aromatic N) is 1. The average molecular weight is 138 g/mol. The molecule has 0 bridgehead atoms.